The number of carboxylic acid groups (broad SMARTS) is 1. The van der Waals surface area contributed by atoms with Gasteiger partial charge >= 0.3 is 0 Å². The maximum Gasteiger partial charge on any atom is 0.294 e. The first-order valence-electron chi connectivity index (χ1n) is 3.16. The van der Waals surface area contributed by atoms with Gasteiger partial charge in [-0.1, -0.05) is 11.8 Å². The van der Waals surface area contributed by atoms with Crippen molar-refractivity contribution in [3.05, 3.63) is 0 Å². The summed E-state index contributed by atoms with van der Waals surface area (Å²) >= 11 is 0. The van der Waals surface area contributed by atoms with Crippen molar-refractivity contribution >= 4 is 16.6 Å². The highest BCUT2D eigenvalue weighted by Crippen LogP contribution is 1.77. The zero-order chi connectivity index (χ0) is 12.7. The van der Waals surface area contributed by atoms with Crippen molar-refractivity contribution in [3.8, 4) is 11.8 Å². The van der Waals surface area contributed by atoms with Gasteiger partial charge in [-0.25, -0.2) is 4.39 Å². The van der Waals surface area contributed by atoms with Gasteiger partial charge in [0, 0.05) is 0 Å². The molecule has 0 fully saturated rings. The molecule has 0 spiro atoms. The van der Waals surface area contributed by atoms with Gasteiger partial charge in [0.15, 0.2) is 0 Å². The van der Waals surface area contributed by atoms with Crippen LogP contribution in [0.3, 0.4) is 0 Å². The van der Waals surface area contributed by atoms with Crippen LogP contribution < -0.4 is 0 Å². The van der Waals surface area contributed by atoms with Gasteiger partial charge in [-0.05, 0) is 0 Å². The molecule has 90 valence electrons. The molecule has 0 heterocycles. The lowest BCUT2D eigenvalue weighted by Crippen LogP contribution is -1.96. The number of alkyl halides is 1. The minimum atomic E-state index is -4.33. The van der Waals surface area contributed by atoms with Gasteiger partial charge in [0.05, 0.1) is 0 Å². The second-order valence-corrected chi connectivity index (χ2v) is 2.85. The molecule has 0 aromatic carbocycles. The van der Waals surface area contributed by atoms with E-state index in [9.17, 15) is 12.8 Å². The fourth-order valence-corrected chi connectivity index (χ4v) is 0.112. The molecule has 0 aromatic heterocycles. The van der Waals surface area contributed by atoms with Crippen LogP contribution in [0.25, 0.3) is 0 Å². The molecule has 0 aliphatic rings. The largest absolute Gasteiger partial charge is 0.483 e. The SMILES string of the molecule is O=CO.O=S(=O)(O)CF.OCC#CCO. The van der Waals surface area contributed by atoms with Crippen molar-refractivity contribution in [1.82, 2.24) is 0 Å². The van der Waals surface area contributed by atoms with E-state index in [-0.39, 0.29) is 19.7 Å². The van der Waals surface area contributed by atoms with Gasteiger partial charge in [-0.2, -0.15) is 8.42 Å². The standard InChI is InChI=1S/C4H6O2.CH3FO3S.CH2O2/c5-3-1-2-4-6;2-1-6(3,4)5;2-1-3/h5-6H,3-4H2;1H2,(H,3,4,5);1H,(H,2,3). The molecular formula is C6H11FO7S. The highest BCUT2D eigenvalue weighted by molar-refractivity contribution is 7.85. The van der Waals surface area contributed by atoms with E-state index in [1.165, 1.54) is 0 Å². The van der Waals surface area contributed by atoms with Crippen LogP contribution in [-0.2, 0) is 14.9 Å². The molecule has 0 aliphatic heterocycles. The summed E-state index contributed by atoms with van der Waals surface area (Å²) in [6, 6.07) is -1.70. The van der Waals surface area contributed by atoms with E-state index in [2.05, 4.69) is 11.8 Å². The number of hydrogen-bond donors (Lipinski definition) is 4. The van der Waals surface area contributed by atoms with Gasteiger partial charge in [0.25, 0.3) is 16.6 Å². The maximum absolute atomic E-state index is 10.7. The molecule has 0 radical (unpaired) electrons. The van der Waals surface area contributed by atoms with Crippen LogP contribution in [0.2, 0.25) is 0 Å². The van der Waals surface area contributed by atoms with Gasteiger partial charge < -0.3 is 15.3 Å². The lowest BCUT2D eigenvalue weighted by molar-refractivity contribution is -0.122. The summed E-state index contributed by atoms with van der Waals surface area (Å²) in [5, 5.41) is 22.7. The van der Waals surface area contributed by atoms with Gasteiger partial charge in [-0.15, -0.1) is 0 Å². The number of hydrogen-bond acceptors (Lipinski definition) is 5. The zero-order valence-electron chi connectivity index (χ0n) is 7.50. The molecule has 0 atom stereocenters. The Bertz CT molecular complexity index is 268. The molecule has 0 rings (SSSR count). The molecule has 0 aromatic rings. The molecular weight excluding hydrogens is 235 g/mol. The van der Waals surface area contributed by atoms with Crippen LogP contribution in [0.1, 0.15) is 0 Å². The predicted molar refractivity (Wildman–Crippen MR) is 48.2 cm³/mol. The topological polar surface area (TPSA) is 132 Å². The lowest BCUT2D eigenvalue weighted by atomic mass is 10.6. The predicted octanol–water partition coefficient (Wildman–Crippen LogP) is -1.52. The Morgan fingerprint density at radius 1 is 1.20 bits per heavy atom. The maximum atomic E-state index is 10.7. The molecule has 0 saturated carbocycles. The number of carbonyl (C=O) groups is 1. The van der Waals surface area contributed by atoms with E-state index in [1.807, 2.05) is 0 Å². The number of rotatable bonds is 1. The summed E-state index contributed by atoms with van der Waals surface area (Å²) in [5.74, 6) is 4.51. The molecule has 0 aliphatic carbocycles. The third-order valence-electron chi connectivity index (χ3n) is 0.421. The summed E-state index contributed by atoms with van der Waals surface area (Å²) in [6.07, 6.45) is 0. The molecule has 4 N–H and O–H groups in total. The minimum absolute atomic E-state index is 0.166. The van der Waals surface area contributed by atoms with Crippen molar-refractivity contribution in [2.75, 3.05) is 19.2 Å². The number of aliphatic hydroxyl groups excluding tert-OH is 2. The van der Waals surface area contributed by atoms with Crippen molar-refractivity contribution in [1.29, 1.82) is 0 Å². The van der Waals surface area contributed by atoms with Crippen molar-refractivity contribution < 1.29 is 37.5 Å². The Labute approximate surface area is 85.9 Å². The van der Waals surface area contributed by atoms with Gasteiger partial charge in [0.1, 0.15) is 13.2 Å². The Balaban J connectivity index is -0.000000153. The molecule has 15 heavy (non-hydrogen) atoms. The van der Waals surface area contributed by atoms with Crippen LogP contribution in [0.15, 0.2) is 0 Å². The smallest absolute Gasteiger partial charge is 0.294 e. The first-order chi connectivity index (χ1) is 6.89. The fraction of sp³-hybridized carbons (Fsp3) is 0.500. The van der Waals surface area contributed by atoms with Crippen LogP contribution in [-0.4, -0.2) is 54.0 Å². The van der Waals surface area contributed by atoms with E-state index in [1.54, 1.807) is 0 Å². The molecule has 9 heteroatoms. The molecule has 0 bridgehead atoms. The summed E-state index contributed by atoms with van der Waals surface area (Å²) in [5.41, 5.74) is 0. The van der Waals surface area contributed by atoms with Crippen LogP contribution in [0.4, 0.5) is 4.39 Å². The Hall–Kier alpha value is -1.21. The quantitative estimate of drug-likeness (QED) is 0.251. The third-order valence-corrected chi connectivity index (χ3v) is 0.697. The van der Waals surface area contributed by atoms with E-state index in [0.29, 0.717) is 0 Å². The third kappa shape index (κ3) is 64.9. The second-order valence-electron chi connectivity index (χ2n) is 1.47. The van der Waals surface area contributed by atoms with Crippen LogP contribution >= 0.6 is 0 Å². The van der Waals surface area contributed by atoms with E-state index < -0.39 is 16.1 Å². The summed E-state index contributed by atoms with van der Waals surface area (Å²) < 4.78 is 36.4. The Morgan fingerprint density at radius 2 is 1.40 bits per heavy atom. The summed E-state index contributed by atoms with van der Waals surface area (Å²) in [4.78, 5) is 8.36. The fourth-order valence-electron chi connectivity index (χ4n) is 0.112. The molecule has 0 amide bonds. The van der Waals surface area contributed by atoms with Gasteiger partial charge in [-0.3, -0.25) is 9.35 Å². The Morgan fingerprint density at radius 3 is 1.47 bits per heavy atom. The summed E-state index contributed by atoms with van der Waals surface area (Å²) in [6.45, 7) is -0.582. The number of aliphatic hydroxyl groups is 2. The number of halogens is 1. The molecule has 0 unspecified atom stereocenters. The van der Waals surface area contributed by atoms with Crippen LogP contribution in [0, 0.1) is 11.8 Å². The highest BCUT2D eigenvalue weighted by atomic mass is 32.2. The second kappa shape index (κ2) is 15.3. The van der Waals surface area contributed by atoms with E-state index in [4.69, 9.17) is 24.7 Å². The Kier molecular flexibility index (Phi) is 19.7. The lowest BCUT2D eigenvalue weighted by Gasteiger charge is -1.77. The van der Waals surface area contributed by atoms with Crippen molar-refractivity contribution in [3.63, 3.8) is 0 Å². The van der Waals surface area contributed by atoms with Crippen LogP contribution in [0.5, 0.6) is 0 Å². The average molecular weight is 246 g/mol. The minimum Gasteiger partial charge on any atom is -0.483 e. The average Bonchev–Trinajstić information content (AvgIpc) is 2.16. The van der Waals surface area contributed by atoms with Gasteiger partial charge in [0.2, 0.25) is 6.01 Å². The van der Waals surface area contributed by atoms with Crippen molar-refractivity contribution in [2.24, 2.45) is 0 Å². The first-order valence-corrected chi connectivity index (χ1v) is 4.76. The van der Waals surface area contributed by atoms with Crippen molar-refractivity contribution in [2.45, 2.75) is 0 Å². The monoisotopic (exact) mass is 246 g/mol. The zero-order valence-corrected chi connectivity index (χ0v) is 8.31. The van der Waals surface area contributed by atoms with E-state index >= 15 is 0 Å². The normalized spacial score (nSPS) is 8.00. The van der Waals surface area contributed by atoms with E-state index in [0.717, 1.165) is 0 Å². The highest BCUT2D eigenvalue weighted by Gasteiger charge is 1.97. The first kappa shape index (κ1) is 19.4. The summed E-state index contributed by atoms with van der Waals surface area (Å²) in [7, 11) is -4.33. The molecule has 0 saturated heterocycles. The molecule has 7 nitrogen and oxygen atoms in total.